The molecule has 2 heteroatoms. The molecule has 0 saturated heterocycles. The fourth-order valence-electron chi connectivity index (χ4n) is 10.8. The zero-order valence-electron chi connectivity index (χ0n) is 35.0. The summed E-state index contributed by atoms with van der Waals surface area (Å²) in [5.41, 5.74) is 19.6. The summed E-state index contributed by atoms with van der Waals surface area (Å²) >= 11 is 0. The van der Waals surface area contributed by atoms with Gasteiger partial charge in [-0.2, -0.15) is 0 Å². The van der Waals surface area contributed by atoms with Gasteiger partial charge in [0.25, 0.3) is 0 Å². The molecule has 1 atom stereocenters. The van der Waals surface area contributed by atoms with Gasteiger partial charge in [0.1, 0.15) is 0 Å². The van der Waals surface area contributed by atoms with Gasteiger partial charge in [0.05, 0.1) is 0 Å². The number of allylic oxidation sites excluding steroid dienone is 8. The van der Waals surface area contributed by atoms with Crippen molar-refractivity contribution in [3.63, 3.8) is 0 Å². The molecule has 62 heavy (non-hydrogen) atoms. The van der Waals surface area contributed by atoms with E-state index in [0.29, 0.717) is 5.92 Å². The highest BCUT2D eigenvalue weighted by Gasteiger charge is 2.27. The molecule has 1 unspecified atom stereocenters. The van der Waals surface area contributed by atoms with Crippen molar-refractivity contribution in [2.45, 2.75) is 32.1 Å². The van der Waals surface area contributed by atoms with Crippen LogP contribution in [0.4, 0.5) is 22.7 Å². The highest BCUT2D eigenvalue weighted by Crippen LogP contribution is 2.49. The molecule has 4 aliphatic rings. The van der Waals surface area contributed by atoms with Crippen LogP contribution in [0.3, 0.4) is 0 Å². The van der Waals surface area contributed by atoms with Crippen LogP contribution in [0.5, 0.6) is 0 Å². The van der Waals surface area contributed by atoms with Crippen molar-refractivity contribution in [1.82, 2.24) is 0 Å². The van der Waals surface area contributed by atoms with E-state index in [4.69, 9.17) is 0 Å². The van der Waals surface area contributed by atoms with Gasteiger partial charge in [0.2, 0.25) is 0 Å². The minimum absolute atomic E-state index is 0.363. The van der Waals surface area contributed by atoms with Gasteiger partial charge in [-0.25, -0.2) is 0 Å². The summed E-state index contributed by atoms with van der Waals surface area (Å²) in [6, 6.07) is 61.9. The first-order valence-electron chi connectivity index (χ1n) is 22.5. The van der Waals surface area contributed by atoms with Gasteiger partial charge in [0, 0.05) is 41.8 Å². The largest absolute Gasteiger partial charge is 0.341 e. The third-order valence-corrected chi connectivity index (χ3v) is 13.8. The van der Waals surface area contributed by atoms with Gasteiger partial charge >= 0.3 is 0 Å². The molecule has 12 rings (SSSR count). The van der Waals surface area contributed by atoms with Crippen LogP contribution in [0.15, 0.2) is 206 Å². The molecule has 0 aromatic heterocycles. The van der Waals surface area contributed by atoms with Crippen LogP contribution >= 0.6 is 0 Å². The summed E-state index contributed by atoms with van der Waals surface area (Å²) in [5, 5.41) is 5.20. The highest BCUT2D eigenvalue weighted by atomic mass is 15.1. The lowest BCUT2D eigenvalue weighted by molar-refractivity contribution is 0.767. The second-order valence-electron chi connectivity index (χ2n) is 17.4. The lowest BCUT2D eigenvalue weighted by Crippen LogP contribution is -2.24. The van der Waals surface area contributed by atoms with Crippen LogP contribution in [0.1, 0.15) is 36.0 Å². The molecule has 0 amide bonds. The van der Waals surface area contributed by atoms with Crippen molar-refractivity contribution >= 4 is 49.9 Å². The second-order valence-corrected chi connectivity index (χ2v) is 17.4. The van der Waals surface area contributed by atoms with E-state index >= 15 is 0 Å². The quantitative estimate of drug-likeness (QED) is 0.155. The molecule has 8 aromatic carbocycles. The lowest BCUT2D eigenvalue weighted by Gasteiger charge is -2.33. The topological polar surface area (TPSA) is 6.48 Å². The number of fused-ring (bicyclic) bond motifs is 5. The molecule has 0 spiro atoms. The van der Waals surface area contributed by atoms with E-state index in [-0.39, 0.29) is 0 Å². The fourth-order valence-corrected chi connectivity index (χ4v) is 10.8. The Balaban J connectivity index is 1.18. The average molecular weight is 797 g/mol. The Labute approximate surface area is 365 Å². The molecule has 2 heterocycles. The number of hydrogen-bond acceptors (Lipinski definition) is 2. The van der Waals surface area contributed by atoms with Gasteiger partial charge in [-0.3, -0.25) is 0 Å². The van der Waals surface area contributed by atoms with Gasteiger partial charge in [-0.15, -0.1) is 0 Å². The van der Waals surface area contributed by atoms with E-state index in [2.05, 4.69) is 210 Å². The maximum Gasteiger partial charge on any atom is 0.0443 e. The third kappa shape index (κ3) is 6.41. The van der Waals surface area contributed by atoms with Crippen molar-refractivity contribution in [2.24, 2.45) is 5.92 Å². The van der Waals surface area contributed by atoms with Gasteiger partial charge in [-0.05, 0) is 169 Å². The number of aryl methyl sites for hydroxylation is 2. The maximum absolute atomic E-state index is 2.56. The van der Waals surface area contributed by atoms with Gasteiger partial charge in [-0.1, -0.05) is 146 Å². The minimum atomic E-state index is 0.363. The number of rotatable bonds is 6. The minimum Gasteiger partial charge on any atom is -0.341 e. The van der Waals surface area contributed by atoms with Crippen molar-refractivity contribution in [1.29, 1.82) is 0 Å². The fraction of sp³-hybridized carbons (Fsp3) is 0.133. The van der Waals surface area contributed by atoms with Crippen LogP contribution < -0.4 is 9.80 Å². The van der Waals surface area contributed by atoms with E-state index in [0.717, 1.165) is 45.2 Å². The normalized spacial score (nSPS) is 16.7. The molecule has 0 bridgehead atoms. The molecule has 0 radical (unpaired) electrons. The standard InChI is InChI=1S/C60H48N2/c1-3-15-41(16-4-1)48-36-49(42-17-5-2-6-18-42)38-50(37-48)60-54-32-30-51(61-33-13-23-44-20-9-11-25-57(44)61)39-55(54)59(47-28-27-43-19-7-8-22-46(43)35-47)53-31-29-52(40-56(53)60)62-34-14-24-45-21-10-12-26-58(45)62/h1-12,15-22,25-32,36-40,46H,13-14,23-24,33-35H2. The molecule has 0 N–H and O–H groups in total. The number of hydrogen-bond donors (Lipinski definition) is 0. The summed E-state index contributed by atoms with van der Waals surface area (Å²) in [4.78, 5) is 5.13. The summed E-state index contributed by atoms with van der Waals surface area (Å²) < 4.78 is 0. The van der Waals surface area contributed by atoms with E-state index in [1.54, 1.807) is 0 Å². The number of benzene rings is 8. The summed E-state index contributed by atoms with van der Waals surface area (Å²) in [6.45, 7) is 2.01. The SMILES string of the molecule is C1=CC2=CC=C(c3c4cc(N5CCCc6ccccc65)ccc4c(-c4cc(-c5ccccc5)cc(-c5ccccc5)c4)c4cc(N5CCCc6ccccc65)ccc34)CC2C=C1. The Bertz CT molecular complexity index is 3110. The maximum atomic E-state index is 2.56. The molecular weight excluding hydrogens is 749 g/mol. The Kier molecular flexibility index (Phi) is 9.10. The van der Waals surface area contributed by atoms with E-state index < -0.39 is 0 Å². The molecule has 0 saturated carbocycles. The van der Waals surface area contributed by atoms with Crippen LogP contribution in [-0.4, -0.2) is 13.1 Å². The highest BCUT2D eigenvalue weighted by molar-refractivity contribution is 6.20. The van der Waals surface area contributed by atoms with Crippen molar-refractivity contribution in [3.8, 4) is 33.4 Å². The molecule has 8 aromatic rings. The molecule has 2 aliphatic carbocycles. The predicted molar refractivity (Wildman–Crippen MR) is 264 cm³/mol. The summed E-state index contributed by atoms with van der Waals surface area (Å²) in [6.07, 6.45) is 19.4. The Hall–Kier alpha value is -7.16. The lowest BCUT2D eigenvalue weighted by atomic mass is 9.78. The predicted octanol–water partition coefficient (Wildman–Crippen LogP) is 15.6. The smallest absolute Gasteiger partial charge is 0.0443 e. The first-order chi connectivity index (χ1) is 30.7. The number of anilines is 4. The number of nitrogens with zero attached hydrogens (tertiary/aromatic N) is 2. The van der Waals surface area contributed by atoms with Crippen LogP contribution in [0, 0.1) is 5.92 Å². The van der Waals surface area contributed by atoms with E-state index in [1.807, 2.05) is 0 Å². The zero-order chi connectivity index (χ0) is 41.0. The van der Waals surface area contributed by atoms with Gasteiger partial charge in [0.15, 0.2) is 0 Å². The van der Waals surface area contributed by atoms with E-state index in [9.17, 15) is 0 Å². The monoisotopic (exact) mass is 796 g/mol. The van der Waals surface area contributed by atoms with Crippen molar-refractivity contribution in [3.05, 3.63) is 223 Å². The van der Waals surface area contributed by atoms with Crippen LogP contribution in [-0.2, 0) is 12.8 Å². The van der Waals surface area contributed by atoms with Crippen LogP contribution in [0.2, 0.25) is 0 Å². The molecular formula is C60H48N2. The molecule has 2 aliphatic heterocycles. The molecule has 0 fully saturated rings. The Morgan fingerprint density at radius 3 is 1.56 bits per heavy atom. The number of para-hydroxylation sites is 2. The first kappa shape index (κ1) is 36.7. The van der Waals surface area contributed by atoms with Crippen molar-refractivity contribution < 1.29 is 0 Å². The summed E-state index contributed by atoms with van der Waals surface area (Å²) in [7, 11) is 0. The average Bonchev–Trinajstić information content (AvgIpc) is 3.35. The Morgan fingerprint density at radius 1 is 0.419 bits per heavy atom. The summed E-state index contributed by atoms with van der Waals surface area (Å²) in [5.74, 6) is 0.363. The van der Waals surface area contributed by atoms with Crippen molar-refractivity contribution in [2.75, 3.05) is 22.9 Å². The van der Waals surface area contributed by atoms with E-state index in [1.165, 1.54) is 106 Å². The first-order valence-corrected chi connectivity index (χ1v) is 22.5. The Morgan fingerprint density at radius 2 is 0.952 bits per heavy atom. The molecule has 298 valence electrons. The zero-order valence-corrected chi connectivity index (χ0v) is 35.0. The van der Waals surface area contributed by atoms with Gasteiger partial charge < -0.3 is 9.80 Å². The van der Waals surface area contributed by atoms with Crippen LogP contribution in [0.25, 0.3) is 60.5 Å². The molecule has 2 nitrogen and oxygen atoms in total. The second kappa shape index (κ2) is 15.4. The third-order valence-electron chi connectivity index (χ3n) is 13.8.